The molecule has 0 amide bonds. The molecule has 57 heavy (non-hydrogen) atoms. The second kappa shape index (κ2) is 12.2. The van der Waals surface area contributed by atoms with Crippen LogP contribution in [0.15, 0.2) is 144 Å². The molecule has 0 atom stereocenters. The van der Waals surface area contributed by atoms with Gasteiger partial charge in [-0.1, -0.05) is 121 Å². The topological polar surface area (TPSA) is 119 Å². The van der Waals surface area contributed by atoms with Gasteiger partial charge in [0.15, 0.2) is 11.5 Å². The summed E-state index contributed by atoms with van der Waals surface area (Å²) in [5, 5.41) is 60.0. The summed E-state index contributed by atoms with van der Waals surface area (Å²) in [6.45, 7) is 0. The Morgan fingerprint density at radius 2 is 0.947 bits per heavy atom. The number of hydrogen-bond donors (Lipinski definition) is 5. The highest BCUT2D eigenvalue weighted by atomic mass is 16.4. The van der Waals surface area contributed by atoms with Gasteiger partial charge < -0.3 is 34.5 Å². The summed E-state index contributed by atoms with van der Waals surface area (Å²) in [5.41, 5.74) is 9.48. The van der Waals surface area contributed by atoms with E-state index in [2.05, 4.69) is 102 Å². The van der Waals surface area contributed by atoms with Crippen molar-refractivity contribution in [2.75, 3.05) is 0 Å². The predicted octanol–water partition coefficient (Wildman–Crippen LogP) is 12.3. The number of rotatable bonds is 4. The monoisotopic (exact) mass is 743 g/mol. The lowest BCUT2D eigenvalue weighted by atomic mass is 9.85. The van der Waals surface area contributed by atoms with Crippen LogP contribution in [0.2, 0.25) is 0 Å². The van der Waals surface area contributed by atoms with Crippen molar-refractivity contribution < 1.29 is 29.9 Å². The molecule has 11 rings (SSSR count). The van der Waals surface area contributed by atoms with Crippen molar-refractivity contribution in [2.45, 2.75) is 12.8 Å². The highest BCUT2D eigenvalue weighted by Crippen LogP contribution is 2.58. The number of fused-ring (bicyclic) bond motifs is 8. The van der Waals surface area contributed by atoms with Crippen molar-refractivity contribution in [1.82, 2.24) is 4.57 Å². The van der Waals surface area contributed by atoms with E-state index in [9.17, 15) is 25.5 Å². The zero-order valence-corrected chi connectivity index (χ0v) is 30.4. The molecule has 2 aromatic heterocycles. The van der Waals surface area contributed by atoms with Gasteiger partial charge in [0.1, 0.15) is 11.3 Å². The normalized spacial score (nSPS) is 12.7. The predicted molar refractivity (Wildman–Crippen MR) is 228 cm³/mol. The first-order valence-electron chi connectivity index (χ1n) is 18.9. The number of furan rings is 1. The number of nitrogens with zero attached hydrogens (tertiary/aromatic N) is 1. The summed E-state index contributed by atoms with van der Waals surface area (Å²) in [4.78, 5) is 0. The van der Waals surface area contributed by atoms with Crippen molar-refractivity contribution in [3.05, 3.63) is 151 Å². The SMILES string of the molecule is Oc1c(O)c(O)c(-c2c3ccccc3c(-c3ccc(-c4ccc5oc6c(c5c4-n4c5ccccc5c5ccccc54)C=CCC6)cc3)c3ccccc23)c(O)c1O. The summed E-state index contributed by atoms with van der Waals surface area (Å²) >= 11 is 0. The van der Waals surface area contributed by atoms with Gasteiger partial charge in [-0.25, -0.2) is 0 Å². The van der Waals surface area contributed by atoms with Crippen molar-refractivity contribution >= 4 is 60.4 Å². The van der Waals surface area contributed by atoms with E-state index in [1.54, 1.807) is 0 Å². The van der Waals surface area contributed by atoms with E-state index in [4.69, 9.17) is 4.42 Å². The number of phenols is 5. The van der Waals surface area contributed by atoms with E-state index in [1.807, 2.05) is 48.5 Å². The number of aromatic hydroxyl groups is 5. The molecule has 0 bridgehead atoms. The second-order valence-corrected chi connectivity index (χ2v) is 14.6. The van der Waals surface area contributed by atoms with Crippen LogP contribution in [-0.4, -0.2) is 30.1 Å². The van der Waals surface area contributed by atoms with Gasteiger partial charge in [0, 0.05) is 33.9 Å². The first kappa shape index (κ1) is 32.8. The van der Waals surface area contributed by atoms with Crippen LogP contribution in [0, 0.1) is 0 Å². The molecule has 7 heteroatoms. The fourth-order valence-corrected chi connectivity index (χ4v) is 9.10. The molecular formula is C50H33NO6. The van der Waals surface area contributed by atoms with E-state index < -0.39 is 28.7 Å². The van der Waals surface area contributed by atoms with Gasteiger partial charge >= 0.3 is 0 Å². The minimum atomic E-state index is -0.997. The molecule has 0 radical (unpaired) electrons. The van der Waals surface area contributed by atoms with E-state index in [1.165, 1.54) is 10.8 Å². The molecule has 1 aliphatic rings. The maximum absolute atomic E-state index is 11.1. The Morgan fingerprint density at radius 3 is 1.53 bits per heavy atom. The quantitative estimate of drug-likeness (QED) is 0.0695. The number of benzene rings is 8. The number of allylic oxidation sites excluding steroid dienone is 1. The fourth-order valence-electron chi connectivity index (χ4n) is 9.10. The van der Waals surface area contributed by atoms with E-state index >= 15 is 0 Å². The summed E-state index contributed by atoms with van der Waals surface area (Å²) in [6, 6.07) is 45.2. The van der Waals surface area contributed by atoms with Crippen LogP contribution in [0.1, 0.15) is 17.7 Å². The first-order chi connectivity index (χ1) is 27.9. The van der Waals surface area contributed by atoms with Crippen molar-refractivity contribution in [2.24, 2.45) is 0 Å². The molecule has 2 heterocycles. The van der Waals surface area contributed by atoms with Crippen LogP contribution in [0.4, 0.5) is 0 Å². The summed E-state index contributed by atoms with van der Waals surface area (Å²) < 4.78 is 8.93. The van der Waals surface area contributed by atoms with Crippen LogP contribution in [-0.2, 0) is 6.42 Å². The third-order valence-corrected chi connectivity index (χ3v) is 11.6. The number of aromatic nitrogens is 1. The highest BCUT2D eigenvalue weighted by molar-refractivity contribution is 6.23. The zero-order chi connectivity index (χ0) is 38.5. The third kappa shape index (κ3) is 4.60. The Kier molecular flexibility index (Phi) is 7.00. The molecule has 10 aromatic rings. The lowest BCUT2D eigenvalue weighted by Gasteiger charge is -2.20. The standard InChI is InChI=1S/C50H33NO6/c52-46-44(47(53)49(55)50(56)48(46)54)42-34-15-3-1-13-32(34)41(33-14-2-4-16-35(33)42)28-23-21-27(22-24-28)29-25-26-40-43(36-17-7-10-20-39(36)57-40)45(29)51-37-18-8-5-11-30(37)31-12-6-9-19-38(31)51/h1-9,11-19,21-26,52-56H,10,20H2. The van der Waals surface area contributed by atoms with Crippen LogP contribution >= 0.6 is 0 Å². The van der Waals surface area contributed by atoms with Gasteiger partial charge in [0.05, 0.1) is 27.7 Å². The van der Waals surface area contributed by atoms with Gasteiger partial charge in [-0.15, -0.1) is 0 Å². The number of phenolic OH excluding ortho intramolecular Hbond substituents is 5. The Hall–Kier alpha value is -7.64. The maximum atomic E-state index is 11.1. The molecular weight excluding hydrogens is 711 g/mol. The van der Waals surface area contributed by atoms with Gasteiger partial charge in [0.25, 0.3) is 0 Å². The minimum absolute atomic E-state index is 0.179. The fraction of sp³-hybridized carbons (Fsp3) is 0.0400. The molecule has 0 saturated heterocycles. The minimum Gasteiger partial charge on any atom is -0.504 e. The van der Waals surface area contributed by atoms with E-state index in [0.29, 0.717) is 16.3 Å². The average Bonchev–Trinajstić information content (AvgIpc) is 3.81. The van der Waals surface area contributed by atoms with Crippen LogP contribution < -0.4 is 0 Å². The van der Waals surface area contributed by atoms with Crippen molar-refractivity contribution in [1.29, 1.82) is 0 Å². The highest BCUT2D eigenvalue weighted by Gasteiger charge is 2.29. The summed E-state index contributed by atoms with van der Waals surface area (Å²) in [7, 11) is 0. The molecule has 0 spiro atoms. The number of hydrogen-bond acceptors (Lipinski definition) is 6. The van der Waals surface area contributed by atoms with Gasteiger partial charge in [-0.2, -0.15) is 0 Å². The molecule has 5 N–H and O–H groups in total. The van der Waals surface area contributed by atoms with Crippen LogP contribution in [0.3, 0.4) is 0 Å². The Bertz CT molecular complexity index is 3210. The Labute approximate surface area is 325 Å². The summed E-state index contributed by atoms with van der Waals surface area (Å²) in [6.07, 6.45) is 6.23. The maximum Gasteiger partial charge on any atom is 0.208 e. The average molecular weight is 744 g/mol. The van der Waals surface area contributed by atoms with Gasteiger partial charge in [-0.05, 0) is 68.9 Å². The first-order valence-corrected chi connectivity index (χ1v) is 18.9. The van der Waals surface area contributed by atoms with E-state index in [0.717, 1.165) is 84.9 Å². The molecule has 0 saturated carbocycles. The molecule has 7 nitrogen and oxygen atoms in total. The Morgan fingerprint density at radius 1 is 0.456 bits per heavy atom. The lowest BCUT2D eigenvalue weighted by molar-refractivity contribution is 0.330. The smallest absolute Gasteiger partial charge is 0.208 e. The molecule has 0 fully saturated rings. The number of para-hydroxylation sites is 2. The molecule has 1 aliphatic carbocycles. The van der Waals surface area contributed by atoms with Crippen molar-refractivity contribution in [3.63, 3.8) is 0 Å². The lowest BCUT2D eigenvalue weighted by Crippen LogP contribution is -2.00. The second-order valence-electron chi connectivity index (χ2n) is 14.6. The Balaban J connectivity index is 1.16. The van der Waals surface area contributed by atoms with Crippen LogP contribution in [0.25, 0.3) is 99.5 Å². The molecule has 0 unspecified atom stereocenters. The third-order valence-electron chi connectivity index (χ3n) is 11.6. The number of aryl methyl sites for hydroxylation is 1. The summed E-state index contributed by atoms with van der Waals surface area (Å²) in [5.74, 6) is -3.30. The van der Waals surface area contributed by atoms with Crippen molar-refractivity contribution in [3.8, 4) is 67.8 Å². The van der Waals surface area contributed by atoms with E-state index in [-0.39, 0.29) is 5.56 Å². The molecule has 274 valence electrons. The van der Waals surface area contributed by atoms with Gasteiger partial charge in [0.2, 0.25) is 17.2 Å². The van der Waals surface area contributed by atoms with Crippen LogP contribution in [0.5, 0.6) is 28.7 Å². The largest absolute Gasteiger partial charge is 0.504 e. The molecule has 8 aromatic carbocycles. The van der Waals surface area contributed by atoms with Gasteiger partial charge in [-0.3, -0.25) is 0 Å². The molecule has 0 aliphatic heterocycles. The zero-order valence-electron chi connectivity index (χ0n) is 30.4.